The van der Waals surface area contributed by atoms with Gasteiger partial charge in [0.1, 0.15) is 6.10 Å². The summed E-state index contributed by atoms with van der Waals surface area (Å²) in [7, 11) is 0. The van der Waals surface area contributed by atoms with Crippen molar-refractivity contribution in [2.45, 2.75) is 32.5 Å². The van der Waals surface area contributed by atoms with E-state index >= 15 is 0 Å². The topological polar surface area (TPSA) is 92.7 Å². The van der Waals surface area contributed by atoms with E-state index in [1.807, 2.05) is 6.07 Å². The van der Waals surface area contributed by atoms with Crippen molar-refractivity contribution >= 4 is 17.7 Å². The maximum absolute atomic E-state index is 11.7. The molecule has 1 saturated heterocycles. The van der Waals surface area contributed by atoms with Crippen LogP contribution >= 0.6 is 0 Å². The Morgan fingerprint density at radius 3 is 2.88 bits per heavy atom. The number of nitrogens with zero attached hydrogens (tertiary/aromatic N) is 1. The fourth-order valence-corrected chi connectivity index (χ4v) is 2.36. The lowest BCUT2D eigenvalue weighted by molar-refractivity contribution is -0.163. The summed E-state index contributed by atoms with van der Waals surface area (Å²) in [6.07, 6.45) is -0.762. The molecule has 0 spiro atoms. The zero-order valence-electron chi connectivity index (χ0n) is 13.3. The lowest BCUT2D eigenvalue weighted by Crippen LogP contribution is -2.24. The van der Waals surface area contributed by atoms with Crippen LogP contribution < -0.4 is 9.47 Å². The third-order valence-corrected chi connectivity index (χ3v) is 3.57. The number of fused-ring (bicyclic) bond motifs is 1. The van der Waals surface area contributed by atoms with Crippen molar-refractivity contribution in [2.75, 3.05) is 13.4 Å². The van der Waals surface area contributed by atoms with E-state index in [1.165, 1.54) is 0 Å². The molecule has 2 aliphatic rings. The summed E-state index contributed by atoms with van der Waals surface area (Å²) in [5.74, 6) is 0.105. The van der Waals surface area contributed by atoms with Crippen LogP contribution in [0, 0.1) is 0 Å². The van der Waals surface area contributed by atoms with Crippen molar-refractivity contribution in [3.05, 3.63) is 23.8 Å². The monoisotopic (exact) mass is 335 g/mol. The van der Waals surface area contributed by atoms with Gasteiger partial charge in [-0.15, -0.1) is 0 Å². The van der Waals surface area contributed by atoms with Gasteiger partial charge in [-0.1, -0.05) is 5.16 Å². The van der Waals surface area contributed by atoms with Gasteiger partial charge in [-0.05, 0) is 32.0 Å². The molecule has 2 atom stereocenters. The molecule has 1 aromatic carbocycles. The van der Waals surface area contributed by atoms with E-state index in [-0.39, 0.29) is 19.5 Å². The summed E-state index contributed by atoms with van der Waals surface area (Å²) in [5, 5.41) is 3.87. The SMILES string of the molecule is C/C(=N/OCC(=O)OC1CC(C)OC1=O)c1ccc2c(c1)OCO2. The van der Waals surface area contributed by atoms with Crippen molar-refractivity contribution < 1.29 is 33.4 Å². The van der Waals surface area contributed by atoms with E-state index in [9.17, 15) is 9.59 Å². The van der Waals surface area contributed by atoms with Crippen LogP contribution in [0.1, 0.15) is 25.8 Å². The molecule has 128 valence electrons. The molecule has 0 aliphatic carbocycles. The smallest absolute Gasteiger partial charge is 0.347 e. The second-order valence-corrected chi connectivity index (χ2v) is 5.48. The molecular formula is C16H17NO7. The molecule has 3 rings (SSSR count). The van der Waals surface area contributed by atoms with Crippen LogP contribution in [-0.4, -0.2) is 43.3 Å². The first-order valence-electron chi connectivity index (χ1n) is 7.49. The standard InChI is InChI=1S/C16H17NO7/c1-9-5-14(16(19)23-9)24-15(18)7-22-17-10(2)11-3-4-12-13(6-11)21-8-20-12/h3-4,6,9,14H,5,7-8H2,1-2H3/b17-10-. The van der Waals surface area contributed by atoms with E-state index < -0.39 is 18.0 Å². The number of cyclic esters (lactones) is 1. The van der Waals surface area contributed by atoms with Crippen LogP contribution in [0.25, 0.3) is 0 Å². The van der Waals surface area contributed by atoms with Gasteiger partial charge >= 0.3 is 11.9 Å². The molecule has 0 saturated carbocycles. The zero-order chi connectivity index (χ0) is 17.1. The molecular weight excluding hydrogens is 318 g/mol. The van der Waals surface area contributed by atoms with Crippen LogP contribution in [0.5, 0.6) is 11.5 Å². The highest BCUT2D eigenvalue weighted by atomic mass is 16.7. The van der Waals surface area contributed by atoms with Crippen molar-refractivity contribution in [3.63, 3.8) is 0 Å². The number of hydrogen-bond donors (Lipinski definition) is 0. The van der Waals surface area contributed by atoms with E-state index in [4.69, 9.17) is 23.8 Å². The van der Waals surface area contributed by atoms with Gasteiger partial charge in [-0.3, -0.25) is 0 Å². The van der Waals surface area contributed by atoms with Gasteiger partial charge in [0.2, 0.25) is 19.5 Å². The van der Waals surface area contributed by atoms with Gasteiger partial charge in [0.05, 0.1) is 5.71 Å². The van der Waals surface area contributed by atoms with Crippen molar-refractivity contribution in [1.29, 1.82) is 0 Å². The van der Waals surface area contributed by atoms with E-state index in [0.717, 1.165) is 5.56 Å². The number of esters is 2. The first kappa shape index (κ1) is 16.1. The summed E-state index contributed by atoms with van der Waals surface area (Å²) < 4.78 is 20.4. The molecule has 0 radical (unpaired) electrons. The molecule has 2 heterocycles. The highest BCUT2D eigenvalue weighted by Crippen LogP contribution is 2.32. The number of hydrogen-bond acceptors (Lipinski definition) is 8. The van der Waals surface area contributed by atoms with E-state index in [2.05, 4.69) is 5.16 Å². The lowest BCUT2D eigenvalue weighted by Gasteiger charge is -2.07. The fraction of sp³-hybridized carbons (Fsp3) is 0.438. The Hall–Kier alpha value is -2.77. The number of benzene rings is 1. The van der Waals surface area contributed by atoms with Crippen LogP contribution in [0.3, 0.4) is 0 Å². The third-order valence-electron chi connectivity index (χ3n) is 3.57. The lowest BCUT2D eigenvalue weighted by atomic mass is 10.1. The Morgan fingerprint density at radius 2 is 2.12 bits per heavy atom. The molecule has 0 bridgehead atoms. The first-order valence-corrected chi connectivity index (χ1v) is 7.49. The number of ether oxygens (including phenoxy) is 4. The molecule has 0 N–H and O–H groups in total. The average molecular weight is 335 g/mol. The van der Waals surface area contributed by atoms with Gasteiger partial charge < -0.3 is 23.8 Å². The van der Waals surface area contributed by atoms with Gasteiger partial charge in [0.25, 0.3) is 0 Å². The second-order valence-electron chi connectivity index (χ2n) is 5.48. The minimum absolute atomic E-state index is 0.194. The molecule has 0 amide bonds. The molecule has 2 unspecified atom stereocenters. The quantitative estimate of drug-likeness (QED) is 0.456. The molecule has 0 aromatic heterocycles. The highest BCUT2D eigenvalue weighted by molar-refractivity contribution is 5.99. The Labute approximate surface area is 138 Å². The summed E-state index contributed by atoms with van der Waals surface area (Å²) in [4.78, 5) is 28.0. The predicted molar refractivity (Wildman–Crippen MR) is 80.8 cm³/mol. The summed E-state index contributed by atoms with van der Waals surface area (Å²) in [6.45, 7) is 3.28. The van der Waals surface area contributed by atoms with Gasteiger partial charge in [0.15, 0.2) is 11.5 Å². The summed E-state index contributed by atoms with van der Waals surface area (Å²) in [5.41, 5.74) is 1.34. The largest absolute Gasteiger partial charge is 0.460 e. The number of carbonyl (C=O) groups is 2. The average Bonchev–Trinajstić information content (AvgIpc) is 3.12. The maximum atomic E-state index is 11.7. The Balaban J connectivity index is 1.50. The third kappa shape index (κ3) is 3.58. The zero-order valence-corrected chi connectivity index (χ0v) is 13.3. The second kappa shape index (κ2) is 6.77. The Bertz CT molecular complexity index is 685. The van der Waals surface area contributed by atoms with Crippen molar-refractivity contribution in [1.82, 2.24) is 0 Å². The van der Waals surface area contributed by atoms with Crippen LogP contribution in [-0.2, 0) is 23.9 Å². The summed E-state index contributed by atoms with van der Waals surface area (Å²) in [6, 6.07) is 5.36. The van der Waals surface area contributed by atoms with Gasteiger partial charge in [-0.25, -0.2) is 9.59 Å². The van der Waals surface area contributed by atoms with Gasteiger partial charge in [0, 0.05) is 12.0 Å². The Kier molecular flexibility index (Phi) is 4.54. The van der Waals surface area contributed by atoms with Crippen LogP contribution in [0.15, 0.2) is 23.4 Å². The molecule has 1 fully saturated rings. The minimum atomic E-state index is -0.866. The van der Waals surface area contributed by atoms with Crippen LogP contribution in [0.4, 0.5) is 0 Å². The highest BCUT2D eigenvalue weighted by Gasteiger charge is 2.35. The molecule has 8 nitrogen and oxygen atoms in total. The number of rotatable bonds is 5. The van der Waals surface area contributed by atoms with E-state index in [1.54, 1.807) is 26.0 Å². The summed E-state index contributed by atoms with van der Waals surface area (Å²) >= 11 is 0. The molecule has 24 heavy (non-hydrogen) atoms. The van der Waals surface area contributed by atoms with E-state index in [0.29, 0.717) is 23.6 Å². The molecule has 1 aromatic rings. The molecule has 8 heteroatoms. The fourth-order valence-electron chi connectivity index (χ4n) is 2.36. The Morgan fingerprint density at radius 1 is 1.33 bits per heavy atom. The number of oxime groups is 1. The van der Waals surface area contributed by atoms with Crippen molar-refractivity contribution in [2.24, 2.45) is 5.16 Å². The van der Waals surface area contributed by atoms with Gasteiger partial charge in [-0.2, -0.15) is 0 Å². The molecule has 2 aliphatic heterocycles. The number of carbonyl (C=O) groups excluding carboxylic acids is 2. The van der Waals surface area contributed by atoms with Crippen LogP contribution in [0.2, 0.25) is 0 Å². The minimum Gasteiger partial charge on any atom is -0.460 e. The normalized spacial score (nSPS) is 22.2. The van der Waals surface area contributed by atoms with Crippen molar-refractivity contribution in [3.8, 4) is 11.5 Å². The first-order chi connectivity index (χ1) is 11.5. The predicted octanol–water partition coefficient (Wildman–Crippen LogP) is 1.40. The maximum Gasteiger partial charge on any atom is 0.347 e.